The van der Waals surface area contributed by atoms with Gasteiger partial charge in [-0.15, -0.1) is 0 Å². The van der Waals surface area contributed by atoms with E-state index in [4.69, 9.17) is 5.73 Å². The van der Waals surface area contributed by atoms with Crippen molar-refractivity contribution in [3.8, 4) is 0 Å². The van der Waals surface area contributed by atoms with Gasteiger partial charge >= 0.3 is 0 Å². The Kier molecular flexibility index (Phi) is 2.68. The average Bonchev–Trinajstić information content (AvgIpc) is 2.15. The first-order valence-corrected chi connectivity index (χ1v) is 5.76. The van der Waals surface area contributed by atoms with Gasteiger partial charge in [0.05, 0.1) is 0 Å². The SMILES string of the molecule is CC(O)N1CCc2cc(N)ccc2C1(C)C. The molecule has 3 N–H and O–H groups in total. The summed E-state index contributed by atoms with van der Waals surface area (Å²) in [5.74, 6) is 0. The van der Waals surface area contributed by atoms with Gasteiger partial charge in [-0.25, -0.2) is 0 Å². The highest BCUT2D eigenvalue weighted by atomic mass is 16.3. The summed E-state index contributed by atoms with van der Waals surface area (Å²) in [5.41, 5.74) is 9.07. The van der Waals surface area contributed by atoms with Crippen LogP contribution in [0.5, 0.6) is 0 Å². The van der Waals surface area contributed by atoms with Crippen LogP contribution in [0, 0.1) is 0 Å². The van der Waals surface area contributed by atoms with E-state index in [2.05, 4.69) is 30.9 Å². The summed E-state index contributed by atoms with van der Waals surface area (Å²) in [5, 5.41) is 9.79. The number of nitrogen functional groups attached to an aromatic ring is 1. The number of aliphatic hydroxyl groups excluding tert-OH is 1. The van der Waals surface area contributed by atoms with Crippen molar-refractivity contribution in [2.45, 2.75) is 39.0 Å². The minimum Gasteiger partial charge on any atom is -0.399 e. The van der Waals surface area contributed by atoms with E-state index in [1.807, 2.05) is 13.0 Å². The molecular weight excluding hydrogens is 200 g/mol. The summed E-state index contributed by atoms with van der Waals surface area (Å²) in [6.45, 7) is 6.99. The van der Waals surface area contributed by atoms with Crippen LogP contribution in [0.4, 0.5) is 5.69 Å². The molecule has 1 aliphatic heterocycles. The molecule has 0 bridgehead atoms. The van der Waals surface area contributed by atoms with Crippen LogP contribution in [0.3, 0.4) is 0 Å². The van der Waals surface area contributed by atoms with E-state index in [0.29, 0.717) is 0 Å². The Hall–Kier alpha value is -1.06. The quantitative estimate of drug-likeness (QED) is 0.708. The first-order valence-electron chi connectivity index (χ1n) is 5.76. The van der Waals surface area contributed by atoms with Crippen molar-refractivity contribution in [1.82, 2.24) is 4.90 Å². The number of fused-ring (bicyclic) bond motifs is 1. The monoisotopic (exact) mass is 220 g/mol. The number of aliphatic hydroxyl groups is 1. The van der Waals surface area contributed by atoms with Gasteiger partial charge < -0.3 is 10.8 Å². The summed E-state index contributed by atoms with van der Waals surface area (Å²) in [6, 6.07) is 6.07. The molecule has 88 valence electrons. The Morgan fingerprint density at radius 3 is 2.75 bits per heavy atom. The lowest BCUT2D eigenvalue weighted by molar-refractivity contribution is -0.0532. The number of anilines is 1. The topological polar surface area (TPSA) is 49.5 Å². The fourth-order valence-corrected chi connectivity index (χ4v) is 2.75. The minimum atomic E-state index is -0.416. The lowest BCUT2D eigenvalue weighted by Gasteiger charge is -2.45. The van der Waals surface area contributed by atoms with E-state index in [9.17, 15) is 5.11 Å². The zero-order valence-electron chi connectivity index (χ0n) is 10.2. The van der Waals surface area contributed by atoms with E-state index in [1.54, 1.807) is 0 Å². The van der Waals surface area contributed by atoms with Gasteiger partial charge in [0.1, 0.15) is 6.23 Å². The highest BCUT2D eigenvalue weighted by Gasteiger charge is 2.36. The van der Waals surface area contributed by atoms with Crippen molar-refractivity contribution in [3.63, 3.8) is 0 Å². The van der Waals surface area contributed by atoms with E-state index in [1.165, 1.54) is 11.1 Å². The molecule has 0 fully saturated rings. The number of nitrogens with zero attached hydrogens (tertiary/aromatic N) is 1. The molecule has 16 heavy (non-hydrogen) atoms. The fourth-order valence-electron chi connectivity index (χ4n) is 2.75. The number of hydrogen-bond acceptors (Lipinski definition) is 3. The summed E-state index contributed by atoms with van der Waals surface area (Å²) < 4.78 is 0. The molecule has 1 aliphatic rings. The molecule has 0 spiro atoms. The maximum absolute atomic E-state index is 9.79. The maximum atomic E-state index is 9.79. The average molecular weight is 220 g/mol. The van der Waals surface area contributed by atoms with Gasteiger partial charge in [-0.3, -0.25) is 4.90 Å². The van der Waals surface area contributed by atoms with Crippen molar-refractivity contribution in [2.24, 2.45) is 0 Å². The van der Waals surface area contributed by atoms with Gasteiger partial charge in [0.15, 0.2) is 0 Å². The summed E-state index contributed by atoms with van der Waals surface area (Å²) in [6.07, 6.45) is 0.537. The van der Waals surface area contributed by atoms with Gasteiger partial charge in [-0.05, 0) is 50.5 Å². The Morgan fingerprint density at radius 2 is 2.12 bits per heavy atom. The second-order valence-corrected chi connectivity index (χ2v) is 5.05. The van der Waals surface area contributed by atoms with E-state index >= 15 is 0 Å². The fraction of sp³-hybridized carbons (Fsp3) is 0.538. The van der Waals surface area contributed by atoms with Crippen LogP contribution in [-0.4, -0.2) is 22.8 Å². The number of nitrogens with two attached hydrogens (primary N) is 1. The van der Waals surface area contributed by atoms with Crippen LogP contribution in [0.25, 0.3) is 0 Å². The molecule has 1 aromatic carbocycles. The third-order valence-corrected chi connectivity index (χ3v) is 3.58. The molecule has 0 aromatic heterocycles. The van der Waals surface area contributed by atoms with Crippen LogP contribution >= 0.6 is 0 Å². The highest BCUT2D eigenvalue weighted by molar-refractivity contribution is 5.48. The van der Waals surface area contributed by atoms with Crippen LogP contribution in [0.1, 0.15) is 31.9 Å². The third kappa shape index (κ3) is 1.70. The Morgan fingerprint density at radius 1 is 1.44 bits per heavy atom. The molecule has 1 heterocycles. The van der Waals surface area contributed by atoms with Gasteiger partial charge in [0.25, 0.3) is 0 Å². The summed E-state index contributed by atoms with van der Waals surface area (Å²) in [4.78, 5) is 2.12. The Bertz CT molecular complexity index is 399. The van der Waals surface area contributed by atoms with Gasteiger partial charge in [-0.1, -0.05) is 6.07 Å². The lowest BCUT2D eigenvalue weighted by atomic mass is 9.83. The molecule has 3 heteroatoms. The number of benzene rings is 1. The Labute approximate surface area is 96.9 Å². The maximum Gasteiger partial charge on any atom is 0.105 e. The summed E-state index contributed by atoms with van der Waals surface area (Å²) in [7, 11) is 0. The molecule has 0 amide bonds. The second-order valence-electron chi connectivity index (χ2n) is 5.05. The normalized spacial score (nSPS) is 21.5. The van der Waals surface area contributed by atoms with Crippen LogP contribution in [0.15, 0.2) is 18.2 Å². The number of rotatable bonds is 1. The molecule has 0 aliphatic carbocycles. The molecular formula is C13H20N2O. The standard InChI is InChI=1S/C13H20N2O/c1-9(16)15-7-6-10-8-11(14)4-5-12(10)13(15,2)3/h4-5,8-9,16H,6-7,14H2,1-3H3. The van der Waals surface area contributed by atoms with E-state index in [0.717, 1.165) is 18.7 Å². The van der Waals surface area contributed by atoms with Crippen molar-refractivity contribution < 1.29 is 5.11 Å². The lowest BCUT2D eigenvalue weighted by Crippen LogP contribution is -2.50. The van der Waals surface area contributed by atoms with Crippen LogP contribution in [-0.2, 0) is 12.0 Å². The van der Waals surface area contributed by atoms with E-state index in [-0.39, 0.29) is 5.54 Å². The van der Waals surface area contributed by atoms with Crippen LogP contribution in [0.2, 0.25) is 0 Å². The third-order valence-electron chi connectivity index (χ3n) is 3.58. The molecule has 0 saturated heterocycles. The molecule has 2 rings (SSSR count). The van der Waals surface area contributed by atoms with Crippen molar-refractivity contribution in [3.05, 3.63) is 29.3 Å². The largest absolute Gasteiger partial charge is 0.399 e. The highest BCUT2D eigenvalue weighted by Crippen LogP contribution is 2.36. The van der Waals surface area contributed by atoms with Gasteiger partial charge in [-0.2, -0.15) is 0 Å². The predicted molar refractivity (Wildman–Crippen MR) is 66.0 cm³/mol. The minimum absolute atomic E-state index is 0.130. The molecule has 1 aromatic rings. The van der Waals surface area contributed by atoms with Crippen LogP contribution < -0.4 is 5.73 Å². The van der Waals surface area contributed by atoms with Gasteiger partial charge in [0, 0.05) is 17.8 Å². The first-order chi connectivity index (χ1) is 7.43. The first kappa shape index (κ1) is 11.4. The van der Waals surface area contributed by atoms with Crippen molar-refractivity contribution in [1.29, 1.82) is 0 Å². The molecule has 1 unspecified atom stereocenters. The zero-order chi connectivity index (χ0) is 11.9. The Balaban J connectivity index is 2.46. The second kappa shape index (κ2) is 3.75. The molecule has 0 radical (unpaired) electrons. The van der Waals surface area contributed by atoms with Gasteiger partial charge in [0.2, 0.25) is 0 Å². The van der Waals surface area contributed by atoms with Crippen molar-refractivity contribution in [2.75, 3.05) is 12.3 Å². The predicted octanol–water partition coefficient (Wildman–Crippen LogP) is 1.70. The number of hydrogen-bond donors (Lipinski definition) is 2. The van der Waals surface area contributed by atoms with Crippen molar-refractivity contribution >= 4 is 5.69 Å². The van der Waals surface area contributed by atoms with E-state index < -0.39 is 6.23 Å². The molecule has 0 saturated carbocycles. The smallest absolute Gasteiger partial charge is 0.105 e. The summed E-state index contributed by atoms with van der Waals surface area (Å²) >= 11 is 0. The molecule has 1 atom stereocenters. The molecule has 3 nitrogen and oxygen atoms in total. The zero-order valence-corrected chi connectivity index (χ0v) is 10.2.